The van der Waals surface area contributed by atoms with Crippen molar-refractivity contribution in [3.63, 3.8) is 0 Å². The smallest absolute Gasteiger partial charge is 0.236 e. The molecule has 0 aromatic heterocycles. The lowest BCUT2D eigenvalue weighted by molar-refractivity contribution is -0.123. The van der Waals surface area contributed by atoms with Crippen LogP contribution in [0.15, 0.2) is 0 Å². The van der Waals surface area contributed by atoms with Gasteiger partial charge in [0, 0.05) is 12.1 Å². The first-order chi connectivity index (χ1) is 7.78. The van der Waals surface area contributed by atoms with Gasteiger partial charge in [-0.1, -0.05) is 27.2 Å². The molecule has 3 nitrogen and oxygen atoms in total. The number of rotatable bonds is 8. The van der Waals surface area contributed by atoms with Crippen LogP contribution in [0.25, 0.3) is 0 Å². The molecule has 1 atom stereocenters. The van der Waals surface area contributed by atoms with E-state index in [1.165, 1.54) is 0 Å². The summed E-state index contributed by atoms with van der Waals surface area (Å²) >= 11 is 0. The summed E-state index contributed by atoms with van der Waals surface area (Å²) in [5.74, 6) is 0.741. The summed E-state index contributed by atoms with van der Waals surface area (Å²) < 4.78 is 0. The zero-order valence-electron chi connectivity index (χ0n) is 12.4. The fraction of sp³-hybridized carbons (Fsp3) is 0.929. The van der Waals surface area contributed by atoms with Crippen LogP contribution >= 0.6 is 0 Å². The lowest BCUT2D eigenvalue weighted by Crippen LogP contribution is -2.51. The fourth-order valence-electron chi connectivity index (χ4n) is 1.99. The molecule has 0 aliphatic carbocycles. The second-order valence-electron chi connectivity index (χ2n) is 5.97. The molecule has 17 heavy (non-hydrogen) atoms. The molecule has 0 aromatic rings. The summed E-state index contributed by atoms with van der Waals surface area (Å²) in [6.45, 7) is 13.5. The Balaban J connectivity index is 3.96. The van der Waals surface area contributed by atoms with Crippen molar-refractivity contribution in [2.75, 3.05) is 6.54 Å². The van der Waals surface area contributed by atoms with E-state index < -0.39 is 0 Å². The Morgan fingerprint density at radius 3 is 2.29 bits per heavy atom. The Hall–Kier alpha value is -0.570. The first-order valence-corrected chi connectivity index (χ1v) is 6.84. The monoisotopic (exact) mass is 242 g/mol. The van der Waals surface area contributed by atoms with Crippen LogP contribution in [0.5, 0.6) is 0 Å². The highest BCUT2D eigenvalue weighted by Crippen LogP contribution is 2.11. The molecule has 1 unspecified atom stereocenters. The molecular formula is C14H30N2O. The van der Waals surface area contributed by atoms with Crippen molar-refractivity contribution >= 4 is 5.91 Å². The van der Waals surface area contributed by atoms with Gasteiger partial charge in [-0.2, -0.15) is 0 Å². The third-order valence-corrected chi connectivity index (χ3v) is 2.90. The van der Waals surface area contributed by atoms with Crippen molar-refractivity contribution in [2.45, 2.75) is 72.4 Å². The van der Waals surface area contributed by atoms with Crippen LogP contribution < -0.4 is 10.6 Å². The molecule has 0 aliphatic heterocycles. The quantitative estimate of drug-likeness (QED) is 0.687. The SMILES string of the molecule is CCCC(C)(C)NC(C)C(=O)NCCC(C)C. The van der Waals surface area contributed by atoms with Gasteiger partial charge in [-0.05, 0) is 39.5 Å². The van der Waals surface area contributed by atoms with E-state index in [0.29, 0.717) is 5.92 Å². The molecule has 0 radical (unpaired) electrons. The number of carbonyl (C=O) groups is 1. The summed E-state index contributed by atoms with van der Waals surface area (Å²) in [6.07, 6.45) is 3.25. The Bertz CT molecular complexity index is 224. The average molecular weight is 242 g/mol. The van der Waals surface area contributed by atoms with E-state index in [1.54, 1.807) is 0 Å². The van der Waals surface area contributed by atoms with Gasteiger partial charge in [-0.15, -0.1) is 0 Å². The van der Waals surface area contributed by atoms with Gasteiger partial charge >= 0.3 is 0 Å². The summed E-state index contributed by atoms with van der Waals surface area (Å²) in [6, 6.07) is -0.122. The van der Waals surface area contributed by atoms with Crippen molar-refractivity contribution in [3.05, 3.63) is 0 Å². The van der Waals surface area contributed by atoms with Crippen LogP contribution in [0.4, 0.5) is 0 Å². The zero-order valence-corrected chi connectivity index (χ0v) is 12.4. The first kappa shape index (κ1) is 16.4. The summed E-state index contributed by atoms with van der Waals surface area (Å²) in [4.78, 5) is 11.8. The Kier molecular flexibility index (Phi) is 7.44. The van der Waals surface area contributed by atoms with Crippen molar-refractivity contribution in [1.82, 2.24) is 10.6 Å². The topological polar surface area (TPSA) is 41.1 Å². The molecule has 0 aliphatic rings. The van der Waals surface area contributed by atoms with Crippen molar-refractivity contribution in [1.29, 1.82) is 0 Å². The number of nitrogens with one attached hydrogen (secondary N) is 2. The van der Waals surface area contributed by atoms with Gasteiger partial charge in [-0.25, -0.2) is 0 Å². The molecule has 3 heteroatoms. The number of amides is 1. The maximum atomic E-state index is 11.8. The van der Waals surface area contributed by atoms with Gasteiger partial charge in [0.05, 0.1) is 6.04 Å². The molecule has 102 valence electrons. The highest BCUT2D eigenvalue weighted by atomic mass is 16.2. The van der Waals surface area contributed by atoms with Crippen molar-refractivity contribution in [2.24, 2.45) is 5.92 Å². The molecule has 0 rings (SSSR count). The predicted octanol–water partition coefficient (Wildman–Crippen LogP) is 2.71. The zero-order chi connectivity index (χ0) is 13.5. The fourth-order valence-corrected chi connectivity index (χ4v) is 1.99. The summed E-state index contributed by atoms with van der Waals surface area (Å²) in [5, 5.41) is 6.36. The summed E-state index contributed by atoms with van der Waals surface area (Å²) in [5.41, 5.74) is 0.0313. The highest BCUT2D eigenvalue weighted by molar-refractivity contribution is 5.81. The molecule has 2 N–H and O–H groups in total. The molecule has 0 saturated heterocycles. The Labute approximate surface area is 107 Å². The normalized spacial score (nSPS) is 13.8. The van der Waals surface area contributed by atoms with Gasteiger partial charge in [0.25, 0.3) is 0 Å². The highest BCUT2D eigenvalue weighted by Gasteiger charge is 2.22. The minimum absolute atomic E-state index is 0.0313. The van der Waals surface area contributed by atoms with Crippen LogP contribution in [0.3, 0.4) is 0 Å². The molecule has 1 amide bonds. The number of hydrogen-bond donors (Lipinski definition) is 2. The molecule has 0 saturated carbocycles. The van der Waals surface area contributed by atoms with E-state index in [4.69, 9.17) is 0 Å². The second kappa shape index (κ2) is 7.70. The third-order valence-electron chi connectivity index (χ3n) is 2.90. The average Bonchev–Trinajstić information content (AvgIpc) is 2.15. The van der Waals surface area contributed by atoms with E-state index in [2.05, 4.69) is 45.3 Å². The van der Waals surface area contributed by atoms with Gasteiger partial charge in [0.1, 0.15) is 0 Å². The standard InChI is InChI=1S/C14H30N2O/c1-7-9-14(5,6)16-12(4)13(17)15-10-8-11(2)3/h11-12,16H,7-10H2,1-6H3,(H,15,17). The number of hydrogen-bond acceptors (Lipinski definition) is 2. The molecule has 0 heterocycles. The molecular weight excluding hydrogens is 212 g/mol. The van der Waals surface area contributed by atoms with E-state index in [9.17, 15) is 4.79 Å². The van der Waals surface area contributed by atoms with Crippen LogP contribution in [0.1, 0.15) is 60.8 Å². The minimum atomic E-state index is -0.122. The van der Waals surface area contributed by atoms with Crippen LogP contribution in [-0.2, 0) is 4.79 Å². The first-order valence-electron chi connectivity index (χ1n) is 6.84. The van der Waals surface area contributed by atoms with E-state index >= 15 is 0 Å². The third kappa shape index (κ3) is 8.19. The largest absolute Gasteiger partial charge is 0.355 e. The van der Waals surface area contributed by atoms with Gasteiger partial charge in [-0.3, -0.25) is 4.79 Å². The van der Waals surface area contributed by atoms with Crippen LogP contribution in [0.2, 0.25) is 0 Å². The van der Waals surface area contributed by atoms with Gasteiger partial charge in [0.15, 0.2) is 0 Å². The lowest BCUT2D eigenvalue weighted by Gasteiger charge is -2.29. The minimum Gasteiger partial charge on any atom is -0.355 e. The maximum Gasteiger partial charge on any atom is 0.236 e. The molecule has 0 bridgehead atoms. The van der Waals surface area contributed by atoms with Crippen LogP contribution in [-0.4, -0.2) is 24.0 Å². The van der Waals surface area contributed by atoms with Crippen molar-refractivity contribution in [3.8, 4) is 0 Å². The van der Waals surface area contributed by atoms with E-state index in [0.717, 1.165) is 25.8 Å². The van der Waals surface area contributed by atoms with E-state index in [-0.39, 0.29) is 17.5 Å². The summed E-state index contributed by atoms with van der Waals surface area (Å²) in [7, 11) is 0. The van der Waals surface area contributed by atoms with E-state index in [1.807, 2.05) is 6.92 Å². The number of carbonyl (C=O) groups excluding carboxylic acids is 1. The Morgan fingerprint density at radius 2 is 1.82 bits per heavy atom. The molecule has 0 spiro atoms. The Morgan fingerprint density at radius 1 is 1.24 bits per heavy atom. The van der Waals surface area contributed by atoms with Gasteiger partial charge in [0.2, 0.25) is 5.91 Å². The van der Waals surface area contributed by atoms with Crippen molar-refractivity contribution < 1.29 is 4.79 Å². The molecule has 0 fully saturated rings. The van der Waals surface area contributed by atoms with Gasteiger partial charge < -0.3 is 10.6 Å². The predicted molar refractivity (Wildman–Crippen MR) is 74.0 cm³/mol. The second-order valence-corrected chi connectivity index (χ2v) is 5.97. The van der Waals surface area contributed by atoms with Crippen LogP contribution in [0, 0.1) is 5.92 Å². The maximum absolute atomic E-state index is 11.8. The lowest BCUT2D eigenvalue weighted by atomic mass is 9.97. The molecule has 0 aromatic carbocycles.